The standard InChI is InChI=1S/C51H92NO7P/c1-3-5-7-9-11-13-15-17-19-21-22-23-24-25-26-27-29-31-33-35-37-39-41-43-46-56-48-50(49-58-60(54,55)57-47-45-52)59-51(53)44-42-40-38-36-34-32-30-28-20-18-16-14-12-10-8-6-4-2/h5,7,11-14,17-20,22-23,50H,3-4,6,8-10,15-16,21,24-49,52H2,1-2H3,(H,54,55)/b7-5-,13-11-,14-12-,19-17-,20-18-,23-22-. The van der Waals surface area contributed by atoms with Crippen LogP contribution in [-0.4, -0.2) is 49.9 Å². The second kappa shape index (κ2) is 48.0. The van der Waals surface area contributed by atoms with Crippen molar-refractivity contribution in [2.24, 2.45) is 5.73 Å². The molecular formula is C51H92NO7P. The molecule has 0 aliphatic carbocycles. The number of esters is 1. The molecule has 0 saturated carbocycles. The van der Waals surface area contributed by atoms with Crippen molar-refractivity contribution in [2.75, 3.05) is 33.0 Å². The first kappa shape index (κ1) is 57.9. The fourth-order valence-electron chi connectivity index (χ4n) is 6.55. The molecule has 9 heteroatoms. The van der Waals surface area contributed by atoms with Gasteiger partial charge in [-0.3, -0.25) is 13.8 Å². The summed E-state index contributed by atoms with van der Waals surface area (Å²) in [6.45, 7) is 4.77. The zero-order valence-electron chi connectivity index (χ0n) is 38.7. The van der Waals surface area contributed by atoms with Gasteiger partial charge in [-0.05, 0) is 83.5 Å². The fourth-order valence-corrected chi connectivity index (χ4v) is 7.31. The van der Waals surface area contributed by atoms with Crippen LogP contribution in [0.3, 0.4) is 0 Å². The number of phosphoric ester groups is 1. The second-order valence-corrected chi connectivity index (χ2v) is 17.4. The molecule has 0 fully saturated rings. The lowest BCUT2D eigenvalue weighted by Crippen LogP contribution is -2.28. The first-order chi connectivity index (χ1) is 29.4. The number of carbonyl (C=O) groups excluding carboxylic acids is 1. The number of allylic oxidation sites excluding steroid dienone is 12. The summed E-state index contributed by atoms with van der Waals surface area (Å²) >= 11 is 0. The summed E-state index contributed by atoms with van der Waals surface area (Å²) in [7, 11) is -4.29. The molecule has 0 heterocycles. The maximum Gasteiger partial charge on any atom is 0.472 e. The van der Waals surface area contributed by atoms with E-state index in [0.29, 0.717) is 13.0 Å². The van der Waals surface area contributed by atoms with Gasteiger partial charge in [-0.25, -0.2) is 4.57 Å². The van der Waals surface area contributed by atoms with Gasteiger partial charge in [0.05, 0.1) is 19.8 Å². The second-order valence-electron chi connectivity index (χ2n) is 15.9. The molecule has 0 spiro atoms. The van der Waals surface area contributed by atoms with E-state index in [1.807, 2.05) is 0 Å². The molecule has 0 aromatic rings. The smallest absolute Gasteiger partial charge is 0.457 e. The predicted octanol–water partition coefficient (Wildman–Crippen LogP) is 15.1. The number of ether oxygens (including phenoxy) is 2. The molecule has 0 aromatic heterocycles. The molecule has 0 aliphatic rings. The highest BCUT2D eigenvalue weighted by Gasteiger charge is 2.25. The minimum absolute atomic E-state index is 0.0956. The summed E-state index contributed by atoms with van der Waals surface area (Å²) in [5, 5.41) is 0. The SMILES string of the molecule is CC/C=C\C/C=C\C/C=C\C/C=C\CCCCCCCCCCCCCOCC(COP(=O)(O)OCCN)OC(=O)CCCCCCCCC/C=C\C/C=C\CCCCC. The van der Waals surface area contributed by atoms with E-state index in [9.17, 15) is 14.3 Å². The van der Waals surface area contributed by atoms with Gasteiger partial charge in [0, 0.05) is 19.6 Å². The summed E-state index contributed by atoms with van der Waals surface area (Å²) in [4.78, 5) is 22.6. The van der Waals surface area contributed by atoms with Crippen molar-refractivity contribution >= 4 is 13.8 Å². The van der Waals surface area contributed by atoms with Gasteiger partial charge in [0.15, 0.2) is 0 Å². The Morgan fingerprint density at radius 3 is 1.40 bits per heavy atom. The first-order valence-electron chi connectivity index (χ1n) is 24.4. The maximum absolute atomic E-state index is 12.6. The lowest BCUT2D eigenvalue weighted by Gasteiger charge is -2.20. The number of carbonyl (C=O) groups is 1. The minimum atomic E-state index is -4.29. The Bertz CT molecular complexity index is 1150. The number of hydrogen-bond acceptors (Lipinski definition) is 7. The highest BCUT2D eigenvalue weighted by atomic mass is 31.2. The van der Waals surface area contributed by atoms with Crippen LogP contribution in [0, 0.1) is 0 Å². The Hall–Kier alpha value is -2.06. The molecule has 2 atom stereocenters. The van der Waals surface area contributed by atoms with Gasteiger partial charge >= 0.3 is 13.8 Å². The Balaban J connectivity index is 3.97. The van der Waals surface area contributed by atoms with Gasteiger partial charge in [-0.2, -0.15) is 0 Å². The van der Waals surface area contributed by atoms with E-state index in [-0.39, 0.29) is 32.3 Å². The van der Waals surface area contributed by atoms with E-state index in [0.717, 1.165) is 70.6 Å². The Labute approximate surface area is 369 Å². The zero-order valence-corrected chi connectivity index (χ0v) is 39.6. The predicted molar refractivity (Wildman–Crippen MR) is 256 cm³/mol. The topological polar surface area (TPSA) is 117 Å². The molecule has 0 saturated heterocycles. The van der Waals surface area contributed by atoms with Crippen molar-refractivity contribution < 1.29 is 32.8 Å². The van der Waals surface area contributed by atoms with E-state index >= 15 is 0 Å². The zero-order chi connectivity index (χ0) is 43.7. The van der Waals surface area contributed by atoms with Gasteiger partial charge in [-0.1, -0.05) is 189 Å². The van der Waals surface area contributed by atoms with Crippen LogP contribution in [-0.2, 0) is 27.9 Å². The third-order valence-corrected chi connectivity index (χ3v) is 11.1. The van der Waals surface area contributed by atoms with Crippen LogP contribution in [0.2, 0.25) is 0 Å². The molecule has 8 nitrogen and oxygen atoms in total. The summed E-state index contributed by atoms with van der Waals surface area (Å²) < 4.78 is 33.5. The van der Waals surface area contributed by atoms with Gasteiger partial charge in [0.25, 0.3) is 0 Å². The van der Waals surface area contributed by atoms with Crippen LogP contribution < -0.4 is 5.73 Å². The molecular weight excluding hydrogens is 770 g/mol. The van der Waals surface area contributed by atoms with Crippen molar-refractivity contribution in [3.8, 4) is 0 Å². The summed E-state index contributed by atoms with van der Waals surface area (Å²) in [5.41, 5.74) is 5.38. The van der Waals surface area contributed by atoms with Crippen molar-refractivity contribution in [3.05, 3.63) is 72.9 Å². The molecule has 0 aliphatic heterocycles. The molecule has 0 radical (unpaired) electrons. The third kappa shape index (κ3) is 47.0. The third-order valence-electron chi connectivity index (χ3n) is 10.1. The van der Waals surface area contributed by atoms with Crippen molar-refractivity contribution in [1.82, 2.24) is 0 Å². The minimum Gasteiger partial charge on any atom is -0.457 e. The quantitative estimate of drug-likeness (QED) is 0.0269. The lowest BCUT2D eigenvalue weighted by atomic mass is 10.1. The lowest BCUT2D eigenvalue weighted by molar-refractivity contribution is -0.154. The number of rotatable bonds is 46. The van der Waals surface area contributed by atoms with E-state index in [2.05, 4.69) is 86.8 Å². The molecule has 348 valence electrons. The van der Waals surface area contributed by atoms with Crippen molar-refractivity contribution in [3.63, 3.8) is 0 Å². The van der Waals surface area contributed by atoms with E-state index in [4.69, 9.17) is 24.3 Å². The van der Waals surface area contributed by atoms with Crippen molar-refractivity contribution in [2.45, 2.75) is 213 Å². The molecule has 0 rings (SSSR count). The van der Waals surface area contributed by atoms with Crippen LogP contribution in [0.5, 0.6) is 0 Å². The molecule has 0 amide bonds. The largest absolute Gasteiger partial charge is 0.472 e. The monoisotopic (exact) mass is 862 g/mol. The van der Waals surface area contributed by atoms with E-state index in [1.165, 1.54) is 116 Å². The number of unbranched alkanes of at least 4 members (excludes halogenated alkanes) is 21. The van der Waals surface area contributed by atoms with Gasteiger partial charge in [0.1, 0.15) is 6.10 Å². The number of nitrogens with two attached hydrogens (primary N) is 1. The summed E-state index contributed by atoms with van der Waals surface area (Å²) in [6.07, 6.45) is 60.7. The highest BCUT2D eigenvalue weighted by Crippen LogP contribution is 2.43. The van der Waals surface area contributed by atoms with E-state index < -0.39 is 13.9 Å². The summed E-state index contributed by atoms with van der Waals surface area (Å²) in [5.74, 6) is -0.340. The van der Waals surface area contributed by atoms with Crippen LogP contribution in [0.4, 0.5) is 0 Å². The Morgan fingerprint density at radius 2 is 0.933 bits per heavy atom. The number of hydrogen-bond donors (Lipinski definition) is 2. The molecule has 0 aromatic carbocycles. The van der Waals surface area contributed by atoms with Gasteiger partial charge in [0.2, 0.25) is 0 Å². The van der Waals surface area contributed by atoms with Crippen LogP contribution in [0.25, 0.3) is 0 Å². The molecule has 2 unspecified atom stereocenters. The fraction of sp³-hybridized carbons (Fsp3) is 0.745. The van der Waals surface area contributed by atoms with Gasteiger partial charge in [-0.15, -0.1) is 0 Å². The highest BCUT2D eigenvalue weighted by molar-refractivity contribution is 7.47. The number of phosphoric acid groups is 1. The molecule has 3 N–H and O–H groups in total. The van der Waals surface area contributed by atoms with Gasteiger partial charge < -0.3 is 20.1 Å². The first-order valence-corrected chi connectivity index (χ1v) is 25.9. The average molecular weight is 862 g/mol. The van der Waals surface area contributed by atoms with Crippen LogP contribution >= 0.6 is 7.82 Å². The van der Waals surface area contributed by atoms with Crippen LogP contribution in [0.1, 0.15) is 206 Å². The average Bonchev–Trinajstić information content (AvgIpc) is 3.24. The normalized spacial score (nSPS) is 14.0. The van der Waals surface area contributed by atoms with E-state index in [1.54, 1.807) is 0 Å². The summed E-state index contributed by atoms with van der Waals surface area (Å²) in [6, 6.07) is 0. The Morgan fingerprint density at radius 1 is 0.517 bits per heavy atom. The van der Waals surface area contributed by atoms with Crippen molar-refractivity contribution in [1.29, 1.82) is 0 Å². The van der Waals surface area contributed by atoms with Crippen LogP contribution in [0.15, 0.2) is 72.9 Å². The molecule has 0 bridgehead atoms. The maximum atomic E-state index is 12.6. The molecule has 60 heavy (non-hydrogen) atoms. The Kier molecular flexibility index (Phi) is 46.3.